The average Bonchev–Trinajstić information content (AvgIpc) is 3.38. The Balaban J connectivity index is 2.90. The fraction of sp³-hybridized carbons (Fsp3) is 0.720. The molecule has 1 saturated heterocycles. The van der Waals surface area contributed by atoms with E-state index in [9.17, 15) is 38.7 Å². The predicted molar refractivity (Wildman–Crippen MR) is 145 cm³/mol. The second kappa shape index (κ2) is 16.5. The lowest BCUT2D eigenvalue weighted by Gasteiger charge is -2.30. The van der Waals surface area contributed by atoms with Crippen LogP contribution in [0, 0.1) is 5.92 Å². The number of nitrogens with one attached hydrogen (secondary N) is 4. The van der Waals surface area contributed by atoms with Gasteiger partial charge in [0, 0.05) is 19.5 Å². The van der Waals surface area contributed by atoms with Crippen molar-refractivity contribution in [3.8, 4) is 0 Å². The van der Waals surface area contributed by atoms with Gasteiger partial charge in [-0.2, -0.15) is 0 Å². The molecule has 1 heterocycles. The zero-order valence-corrected chi connectivity index (χ0v) is 23.8. The molecule has 0 bridgehead atoms. The third-order valence-corrected chi connectivity index (χ3v) is 6.52. The lowest BCUT2D eigenvalue weighted by atomic mass is 10.0. The number of likely N-dealkylation sites (tertiary alicyclic amines) is 1. The van der Waals surface area contributed by atoms with E-state index in [2.05, 4.69) is 21.3 Å². The lowest BCUT2D eigenvalue weighted by molar-refractivity contribution is -0.144. The molecule has 1 aliphatic rings. The Morgan fingerprint density at radius 3 is 1.93 bits per heavy atom. The summed E-state index contributed by atoms with van der Waals surface area (Å²) in [5.74, 6) is -5.86. The van der Waals surface area contributed by atoms with Crippen LogP contribution in [-0.2, 0) is 33.6 Å². The Hall–Kier alpha value is -3.79. The highest BCUT2D eigenvalue weighted by Crippen LogP contribution is 2.21. The molecule has 232 valence electrons. The summed E-state index contributed by atoms with van der Waals surface area (Å²) in [6, 6.07) is -6.57. The summed E-state index contributed by atoms with van der Waals surface area (Å²) in [5.41, 5.74) is 11.0. The van der Waals surface area contributed by atoms with Gasteiger partial charge in [0.25, 0.3) is 0 Å². The van der Waals surface area contributed by atoms with Gasteiger partial charge in [0.15, 0.2) is 0 Å². The topological polar surface area (TPSA) is 263 Å². The van der Waals surface area contributed by atoms with Crippen LogP contribution in [0.2, 0.25) is 0 Å². The van der Waals surface area contributed by atoms with Crippen molar-refractivity contribution in [2.24, 2.45) is 17.4 Å². The van der Waals surface area contributed by atoms with E-state index in [1.165, 1.54) is 18.7 Å². The van der Waals surface area contributed by atoms with Crippen molar-refractivity contribution in [2.75, 3.05) is 13.1 Å². The molecule has 0 unspecified atom stereocenters. The monoisotopic (exact) mass is 585 g/mol. The van der Waals surface area contributed by atoms with E-state index >= 15 is 0 Å². The van der Waals surface area contributed by atoms with E-state index in [1.807, 2.05) is 13.8 Å². The fourth-order valence-electron chi connectivity index (χ4n) is 4.18. The number of aliphatic carboxylic acids is 2. The first-order valence-electron chi connectivity index (χ1n) is 13.5. The number of hydrogen-bond acceptors (Lipinski definition) is 9. The summed E-state index contributed by atoms with van der Waals surface area (Å²) in [4.78, 5) is 87.3. The molecule has 0 radical (unpaired) electrons. The van der Waals surface area contributed by atoms with Crippen LogP contribution < -0.4 is 32.7 Å². The van der Waals surface area contributed by atoms with E-state index in [0.717, 1.165) is 0 Å². The van der Waals surface area contributed by atoms with Crippen LogP contribution in [0.4, 0.5) is 0 Å². The maximum absolute atomic E-state index is 13.5. The zero-order chi connectivity index (χ0) is 31.4. The molecule has 6 atom stereocenters. The molecule has 0 aliphatic carbocycles. The van der Waals surface area contributed by atoms with Crippen LogP contribution in [0.15, 0.2) is 0 Å². The molecule has 16 heteroatoms. The average molecular weight is 586 g/mol. The summed E-state index contributed by atoms with van der Waals surface area (Å²) in [7, 11) is 0. The molecule has 41 heavy (non-hydrogen) atoms. The van der Waals surface area contributed by atoms with Gasteiger partial charge in [-0.15, -0.1) is 0 Å². The van der Waals surface area contributed by atoms with Crippen LogP contribution in [-0.4, -0.2) is 106 Å². The van der Waals surface area contributed by atoms with Crippen molar-refractivity contribution in [1.29, 1.82) is 0 Å². The van der Waals surface area contributed by atoms with E-state index in [1.54, 1.807) is 0 Å². The van der Waals surface area contributed by atoms with Crippen molar-refractivity contribution in [2.45, 2.75) is 96.1 Å². The molecule has 1 fully saturated rings. The second-order valence-corrected chi connectivity index (χ2v) is 10.5. The number of carboxylic acids is 2. The van der Waals surface area contributed by atoms with Gasteiger partial charge < -0.3 is 47.8 Å². The Labute approximate surface area is 238 Å². The molecule has 10 N–H and O–H groups in total. The van der Waals surface area contributed by atoms with Crippen LogP contribution in [0.3, 0.4) is 0 Å². The number of amides is 5. The molecule has 16 nitrogen and oxygen atoms in total. The maximum Gasteiger partial charge on any atom is 0.326 e. The highest BCUT2D eigenvalue weighted by Gasteiger charge is 2.39. The first-order chi connectivity index (χ1) is 19.1. The number of nitrogens with zero attached hydrogens (tertiary/aromatic N) is 1. The van der Waals surface area contributed by atoms with Crippen molar-refractivity contribution >= 4 is 41.5 Å². The minimum Gasteiger partial charge on any atom is -0.481 e. The number of rotatable bonds is 16. The Morgan fingerprint density at radius 2 is 1.41 bits per heavy atom. The minimum atomic E-state index is -1.46. The van der Waals surface area contributed by atoms with Crippen LogP contribution in [0.25, 0.3) is 0 Å². The van der Waals surface area contributed by atoms with Crippen molar-refractivity contribution in [1.82, 2.24) is 26.2 Å². The van der Waals surface area contributed by atoms with Gasteiger partial charge in [-0.25, -0.2) is 4.79 Å². The van der Waals surface area contributed by atoms with Crippen molar-refractivity contribution in [3.63, 3.8) is 0 Å². The van der Waals surface area contributed by atoms with Crippen molar-refractivity contribution < 1.29 is 43.8 Å². The van der Waals surface area contributed by atoms with Crippen molar-refractivity contribution in [3.05, 3.63) is 0 Å². The summed E-state index contributed by atoms with van der Waals surface area (Å²) < 4.78 is 0. The number of carbonyl (C=O) groups is 7. The molecule has 0 aromatic heterocycles. The summed E-state index contributed by atoms with van der Waals surface area (Å²) in [5, 5.41) is 27.8. The Bertz CT molecular complexity index is 990. The number of nitrogens with two attached hydrogens (primary N) is 2. The molecule has 0 spiro atoms. The maximum atomic E-state index is 13.5. The Morgan fingerprint density at radius 1 is 0.854 bits per heavy atom. The summed E-state index contributed by atoms with van der Waals surface area (Å²) >= 11 is 0. The van der Waals surface area contributed by atoms with Gasteiger partial charge in [-0.3, -0.25) is 28.8 Å². The molecule has 1 aliphatic heterocycles. The van der Waals surface area contributed by atoms with Gasteiger partial charge >= 0.3 is 11.9 Å². The highest BCUT2D eigenvalue weighted by molar-refractivity contribution is 5.96. The number of carbonyl (C=O) groups excluding carboxylic acids is 5. The van der Waals surface area contributed by atoms with E-state index < -0.39 is 84.1 Å². The second-order valence-electron chi connectivity index (χ2n) is 10.5. The van der Waals surface area contributed by atoms with Gasteiger partial charge in [0.1, 0.15) is 30.2 Å². The molecular formula is C25H43N7O9. The predicted octanol–water partition coefficient (Wildman–Crippen LogP) is -2.76. The third-order valence-electron chi connectivity index (χ3n) is 6.52. The first kappa shape index (κ1) is 35.2. The number of carboxylic acid groups (broad SMARTS) is 2. The van der Waals surface area contributed by atoms with Gasteiger partial charge in [0.05, 0.1) is 6.04 Å². The SMILES string of the molecule is CC(C)C[C@H](NC(=O)[C@H](C)NC(=O)[C@@H](N)CN)C(=O)N1CCC[C@H]1C(=O)N[C@@H](C)C(=O)N[C@@H](CCC(=O)O)C(=O)O. The third kappa shape index (κ3) is 11.3. The Kier molecular flexibility index (Phi) is 14.2. The molecule has 0 aromatic carbocycles. The molecule has 1 rings (SSSR count). The lowest BCUT2D eigenvalue weighted by Crippen LogP contribution is -2.58. The first-order valence-corrected chi connectivity index (χ1v) is 13.5. The smallest absolute Gasteiger partial charge is 0.326 e. The van der Waals surface area contributed by atoms with Crippen LogP contribution in [0.5, 0.6) is 0 Å². The van der Waals surface area contributed by atoms with E-state index in [4.69, 9.17) is 16.6 Å². The quantitative estimate of drug-likeness (QED) is 0.0919. The van der Waals surface area contributed by atoms with Gasteiger partial charge in [-0.1, -0.05) is 13.8 Å². The molecule has 0 saturated carbocycles. The van der Waals surface area contributed by atoms with E-state index in [-0.39, 0.29) is 31.8 Å². The largest absolute Gasteiger partial charge is 0.481 e. The number of hydrogen-bond donors (Lipinski definition) is 8. The zero-order valence-electron chi connectivity index (χ0n) is 23.8. The summed E-state index contributed by atoms with van der Waals surface area (Å²) in [6.07, 6.45) is 0.231. The standard InChI is InChI=1S/C25H43N7O9/c1-12(2)10-17(31-21(36)13(3)28-22(37)15(27)11-26)24(39)32-9-5-6-18(32)23(38)29-14(4)20(35)30-16(25(40)41)7-8-19(33)34/h12-18H,5-11,26-27H2,1-4H3,(H,28,37)(H,29,38)(H,30,35)(H,31,36)(H,33,34)(H,40,41)/t13-,14-,15-,16-,17-,18-/m0/s1. The van der Waals surface area contributed by atoms with Gasteiger partial charge in [0.2, 0.25) is 29.5 Å². The van der Waals surface area contributed by atoms with Crippen LogP contribution in [0.1, 0.15) is 59.8 Å². The normalized spacial score (nSPS) is 18.4. The highest BCUT2D eigenvalue weighted by atomic mass is 16.4. The van der Waals surface area contributed by atoms with Gasteiger partial charge in [-0.05, 0) is 45.4 Å². The molecular weight excluding hydrogens is 542 g/mol. The molecule has 0 aromatic rings. The van der Waals surface area contributed by atoms with E-state index in [0.29, 0.717) is 12.8 Å². The fourth-order valence-corrected chi connectivity index (χ4v) is 4.18. The summed E-state index contributed by atoms with van der Waals surface area (Å²) in [6.45, 7) is 6.59. The van der Waals surface area contributed by atoms with Crippen LogP contribution >= 0.6 is 0 Å². The molecule has 5 amide bonds. The minimum absolute atomic E-state index is 0.0123.